The van der Waals surface area contributed by atoms with Gasteiger partial charge in [-0.2, -0.15) is 10.1 Å². The molecule has 2 heterocycles. The van der Waals surface area contributed by atoms with Crippen LogP contribution < -0.4 is 0 Å². The van der Waals surface area contributed by atoms with E-state index in [1.54, 1.807) is 11.5 Å². The number of rotatable bonds is 3. The first-order valence-corrected chi connectivity index (χ1v) is 4.65. The van der Waals surface area contributed by atoms with Crippen molar-refractivity contribution in [2.24, 2.45) is 0 Å². The number of aryl methyl sites for hydroxylation is 1. The molecule has 0 atom stereocenters. The monoisotopic (exact) mass is 227 g/mol. The minimum absolute atomic E-state index is 0.194. The molecule has 80 valence electrons. The number of aliphatic hydroxyl groups excluding tert-OH is 1. The molecule has 0 amide bonds. The second-order valence-corrected chi connectivity index (χ2v) is 3.31. The van der Waals surface area contributed by atoms with Crippen LogP contribution in [0.5, 0.6) is 0 Å². The number of aliphatic hydroxyl groups is 1. The molecule has 0 bridgehead atoms. The highest BCUT2D eigenvalue weighted by atomic mass is 32.1. The second-order valence-electron chi connectivity index (χ2n) is 2.92. The summed E-state index contributed by atoms with van der Waals surface area (Å²) in [4.78, 5) is 4.03. The van der Waals surface area contributed by atoms with E-state index in [0.717, 1.165) is 0 Å². The van der Waals surface area contributed by atoms with Crippen molar-refractivity contribution in [3.63, 3.8) is 0 Å². The molecule has 2 aromatic heterocycles. The maximum Gasteiger partial charge on any atom is 0.246 e. The van der Waals surface area contributed by atoms with Crippen molar-refractivity contribution in [3.05, 3.63) is 22.3 Å². The van der Waals surface area contributed by atoms with Gasteiger partial charge >= 0.3 is 0 Å². The molecule has 7 nitrogen and oxygen atoms in total. The number of H-pyrrole nitrogens is 1. The largest absolute Gasteiger partial charge is 0.388 e. The Morgan fingerprint density at radius 2 is 2.40 bits per heavy atom. The number of nitrogens with one attached hydrogen (secondary N) is 1. The topological polar surface area (TPSA) is 92.8 Å². The summed E-state index contributed by atoms with van der Waals surface area (Å²) in [6.45, 7) is 1.85. The highest BCUT2D eigenvalue weighted by molar-refractivity contribution is 7.71. The number of aromatic nitrogens is 5. The van der Waals surface area contributed by atoms with Crippen LogP contribution in [0.2, 0.25) is 0 Å². The van der Waals surface area contributed by atoms with E-state index in [4.69, 9.17) is 21.8 Å². The summed E-state index contributed by atoms with van der Waals surface area (Å²) in [7, 11) is 0. The molecule has 0 spiro atoms. The van der Waals surface area contributed by atoms with Crippen LogP contribution in [0.4, 0.5) is 0 Å². The third kappa shape index (κ3) is 1.95. The number of aromatic amines is 1. The molecule has 0 aliphatic carbocycles. The van der Waals surface area contributed by atoms with Crippen molar-refractivity contribution in [1.29, 1.82) is 0 Å². The van der Waals surface area contributed by atoms with Crippen molar-refractivity contribution < 1.29 is 9.63 Å². The lowest BCUT2D eigenvalue weighted by atomic mass is 10.5. The predicted molar refractivity (Wildman–Crippen MR) is 51.5 cm³/mol. The molecule has 2 N–H and O–H groups in total. The third-order valence-electron chi connectivity index (χ3n) is 1.84. The van der Waals surface area contributed by atoms with Gasteiger partial charge in [-0.05, 0) is 19.1 Å². The van der Waals surface area contributed by atoms with Crippen molar-refractivity contribution in [3.8, 4) is 0 Å². The summed E-state index contributed by atoms with van der Waals surface area (Å²) in [6.07, 6.45) is 0. The molecule has 2 aromatic rings. The minimum Gasteiger partial charge on any atom is -0.388 e. The Bertz CT molecular complexity index is 513. The first-order valence-electron chi connectivity index (χ1n) is 4.25. The van der Waals surface area contributed by atoms with Gasteiger partial charge in [0.15, 0.2) is 16.4 Å². The Morgan fingerprint density at radius 1 is 1.60 bits per heavy atom. The van der Waals surface area contributed by atoms with E-state index >= 15 is 0 Å². The van der Waals surface area contributed by atoms with E-state index in [-0.39, 0.29) is 6.61 Å². The predicted octanol–water partition coefficient (Wildman–Crippen LogP) is 0.173. The van der Waals surface area contributed by atoms with Crippen LogP contribution in [0.3, 0.4) is 0 Å². The van der Waals surface area contributed by atoms with Gasteiger partial charge in [-0.25, -0.2) is 0 Å². The Balaban J connectivity index is 2.31. The van der Waals surface area contributed by atoms with E-state index in [2.05, 4.69) is 20.3 Å². The van der Waals surface area contributed by atoms with Gasteiger partial charge in [-0.15, -0.1) is 0 Å². The van der Waals surface area contributed by atoms with E-state index in [0.29, 0.717) is 28.9 Å². The summed E-state index contributed by atoms with van der Waals surface area (Å²) in [5, 5.41) is 19.1. The summed E-state index contributed by atoms with van der Waals surface area (Å²) in [6, 6.07) is 0. The fourth-order valence-corrected chi connectivity index (χ4v) is 1.39. The molecular weight excluding hydrogens is 218 g/mol. The molecule has 0 aromatic carbocycles. The first-order chi connectivity index (χ1) is 7.20. The summed E-state index contributed by atoms with van der Waals surface area (Å²) >= 11 is 4.99. The molecule has 0 unspecified atom stereocenters. The lowest BCUT2D eigenvalue weighted by Gasteiger charge is -1.99. The molecule has 2 rings (SSSR count). The second kappa shape index (κ2) is 3.91. The molecular formula is C7H9N5O2S. The Kier molecular flexibility index (Phi) is 2.60. The summed E-state index contributed by atoms with van der Waals surface area (Å²) < 4.78 is 6.95. The van der Waals surface area contributed by atoms with E-state index in [1.165, 1.54) is 0 Å². The van der Waals surface area contributed by atoms with Gasteiger partial charge in [0.25, 0.3) is 0 Å². The van der Waals surface area contributed by atoms with Gasteiger partial charge in [0.05, 0.1) is 0 Å². The van der Waals surface area contributed by atoms with Crippen LogP contribution in [0, 0.1) is 11.7 Å². The minimum atomic E-state index is -0.194. The van der Waals surface area contributed by atoms with Crippen LogP contribution in [-0.4, -0.2) is 30.0 Å². The molecule has 15 heavy (non-hydrogen) atoms. The van der Waals surface area contributed by atoms with Gasteiger partial charge in [-0.1, -0.05) is 5.16 Å². The number of hydrogen-bond acceptors (Lipinski definition) is 6. The Hall–Kier alpha value is -1.54. The smallest absolute Gasteiger partial charge is 0.246 e. The van der Waals surface area contributed by atoms with E-state index in [1.807, 2.05) is 0 Å². The van der Waals surface area contributed by atoms with Crippen LogP contribution >= 0.6 is 12.2 Å². The highest BCUT2D eigenvalue weighted by Crippen LogP contribution is 2.03. The maximum absolute atomic E-state index is 9.00. The SMILES string of the molecule is Cc1noc(Cn2c(CO)n[nH]c2=S)n1. The summed E-state index contributed by atoms with van der Waals surface area (Å²) in [5.74, 6) is 1.43. The van der Waals surface area contributed by atoms with Crippen molar-refractivity contribution >= 4 is 12.2 Å². The van der Waals surface area contributed by atoms with Gasteiger partial charge in [-0.3, -0.25) is 9.67 Å². The average molecular weight is 227 g/mol. The molecule has 8 heteroatoms. The number of nitrogens with zero attached hydrogens (tertiary/aromatic N) is 4. The van der Waals surface area contributed by atoms with E-state index in [9.17, 15) is 0 Å². The Labute approximate surface area is 89.7 Å². The highest BCUT2D eigenvalue weighted by Gasteiger charge is 2.09. The average Bonchev–Trinajstić information content (AvgIpc) is 2.76. The first kappa shape index (κ1) is 9.99. The molecule has 0 aliphatic heterocycles. The molecule has 0 radical (unpaired) electrons. The van der Waals surface area contributed by atoms with Crippen molar-refractivity contribution in [2.45, 2.75) is 20.1 Å². The third-order valence-corrected chi connectivity index (χ3v) is 2.15. The van der Waals surface area contributed by atoms with Crippen LogP contribution in [-0.2, 0) is 13.2 Å². The molecule has 0 fully saturated rings. The fourth-order valence-electron chi connectivity index (χ4n) is 1.17. The molecule has 0 saturated heterocycles. The zero-order chi connectivity index (χ0) is 10.8. The van der Waals surface area contributed by atoms with Gasteiger partial charge in [0.2, 0.25) is 5.89 Å². The lowest BCUT2D eigenvalue weighted by Crippen LogP contribution is -2.05. The molecule has 0 saturated carbocycles. The van der Waals surface area contributed by atoms with Crippen molar-refractivity contribution in [2.75, 3.05) is 0 Å². The maximum atomic E-state index is 9.00. The van der Waals surface area contributed by atoms with Crippen molar-refractivity contribution in [1.82, 2.24) is 24.9 Å². The molecule has 0 aliphatic rings. The summed E-state index contributed by atoms with van der Waals surface area (Å²) in [5.41, 5.74) is 0. The van der Waals surface area contributed by atoms with Gasteiger partial charge in [0, 0.05) is 0 Å². The lowest BCUT2D eigenvalue weighted by molar-refractivity contribution is 0.263. The van der Waals surface area contributed by atoms with Crippen LogP contribution in [0.1, 0.15) is 17.5 Å². The standard InChI is InChI=1S/C7H9N5O2S/c1-4-8-6(14-11-4)2-12-5(3-13)9-10-7(12)15/h13H,2-3H2,1H3,(H,10,15). The normalized spacial score (nSPS) is 10.8. The van der Waals surface area contributed by atoms with Gasteiger partial charge in [0.1, 0.15) is 13.2 Å². The van der Waals surface area contributed by atoms with Crippen LogP contribution in [0.15, 0.2) is 4.52 Å². The fraction of sp³-hybridized carbons (Fsp3) is 0.429. The quantitative estimate of drug-likeness (QED) is 0.726. The van der Waals surface area contributed by atoms with Crippen LogP contribution in [0.25, 0.3) is 0 Å². The number of hydrogen-bond donors (Lipinski definition) is 2. The zero-order valence-electron chi connectivity index (χ0n) is 7.97. The van der Waals surface area contributed by atoms with E-state index < -0.39 is 0 Å². The Morgan fingerprint density at radius 3 is 3.00 bits per heavy atom. The van der Waals surface area contributed by atoms with Gasteiger partial charge < -0.3 is 9.63 Å². The zero-order valence-corrected chi connectivity index (χ0v) is 8.78.